The summed E-state index contributed by atoms with van der Waals surface area (Å²) in [7, 11) is 0. The molecule has 1 unspecified atom stereocenters. The van der Waals surface area contributed by atoms with E-state index in [0.717, 1.165) is 30.1 Å². The summed E-state index contributed by atoms with van der Waals surface area (Å²) in [5.74, 6) is 2.23. The number of nitrogens with zero attached hydrogens (tertiary/aromatic N) is 2. The molecule has 106 valence electrons. The number of benzene rings is 1. The fraction of sp³-hybridized carbons (Fsp3) is 0.500. The van der Waals surface area contributed by atoms with Crippen molar-refractivity contribution in [1.82, 2.24) is 10.1 Å². The zero-order valence-electron chi connectivity index (χ0n) is 11.7. The molecule has 4 heteroatoms. The highest BCUT2D eigenvalue weighted by Crippen LogP contribution is 2.34. The summed E-state index contributed by atoms with van der Waals surface area (Å²) in [4.78, 5) is 4.41. The first-order chi connectivity index (χ1) is 9.74. The van der Waals surface area contributed by atoms with Gasteiger partial charge in [-0.1, -0.05) is 55.3 Å². The van der Waals surface area contributed by atoms with Gasteiger partial charge in [0, 0.05) is 5.92 Å². The normalized spacial score (nSPS) is 24.5. The Bertz CT molecular complexity index is 545. The van der Waals surface area contributed by atoms with Crippen molar-refractivity contribution in [2.75, 3.05) is 0 Å². The Morgan fingerprint density at radius 1 is 1.15 bits per heavy atom. The van der Waals surface area contributed by atoms with E-state index in [9.17, 15) is 5.11 Å². The monoisotopic (exact) mass is 272 g/mol. The fourth-order valence-electron chi connectivity index (χ4n) is 2.82. The lowest BCUT2D eigenvalue weighted by Gasteiger charge is -2.23. The summed E-state index contributed by atoms with van der Waals surface area (Å²) in [5, 5.41) is 14.3. The van der Waals surface area contributed by atoms with Crippen LogP contribution in [0, 0.1) is 5.92 Å². The highest BCUT2D eigenvalue weighted by molar-refractivity contribution is 5.21. The predicted molar refractivity (Wildman–Crippen MR) is 75.2 cm³/mol. The van der Waals surface area contributed by atoms with E-state index in [1.165, 1.54) is 12.8 Å². The molecule has 1 aliphatic rings. The van der Waals surface area contributed by atoms with Crippen LogP contribution in [-0.2, 0) is 0 Å². The van der Waals surface area contributed by atoms with E-state index in [4.69, 9.17) is 4.52 Å². The molecule has 0 aliphatic heterocycles. The third-order valence-electron chi connectivity index (χ3n) is 4.19. The van der Waals surface area contributed by atoms with Gasteiger partial charge in [-0.15, -0.1) is 0 Å². The van der Waals surface area contributed by atoms with Crippen LogP contribution >= 0.6 is 0 Å². The summed E-state index contributed by atoms with van der Waals surface area (Å²) in [6, 6.07) is 9.41. The standard InChI is InChI=1S/C16H20N2O2/c1-11-7-9-13(10-8-11)15-17-16(20-18-15)14(19)12-5-3-2-4-6-12/h2-6,11,13-14,19H,7-10H2,1H3. The molecule has 1 aromatic heterocycles. The molecule has 1 fully saturated rings. The smallest absolute Gasteiger partial charge is 0.260 e. The van der Waals surface area contributed by atoms with Crippen LogP contribution in [0.1, 0.15) is 61.9 Å². The lowest BCUT2D eigenvalue weighted by Crippen LogP contribution is -2.12. The number of rotatable bonds is 3. The number of hydrogen-bond acceptors (Lipinski definition) is 4. The Morgan fingerprint density at radius 3 is 2.55 bits per heavy atom. The number of aromatic nitrogens is 2. The van der Waals surface area contributed by atoms with Crippen molar-refractivity contribution in [3.63, 3.8) is 0 Å². The molecule has 0 bridgehead atoms. The molecule has 1 saturated carbocycles. The second-order valence-corrected chi connectivity index (χ2v) is 5.76. The molecule has 0 spiro atoms. The Labute approximate surface area is 118 Å². The number of hydrogen-bond donors (Lipinski definition) is 1. The van der Waals surface area contributed by atoms with Crippen molar-refractivity contribution in [3.05, 3.63) is 47.6 Å². The van der Waals surface area contributed by atoms with Gasteiger partial charge >= 0.3 is 0 Å². The summed E-state index contributed by atoms with van der Waals surface area (Å²) in [5.41, 5.74) is 0.778. The number of aliphatic hydroxyl groups is 1. The van der Waals surface area contributed by atoms with Gasteiger partial charge < -0.3 is 9.63 Å². The van der Waals surface area contributed by atoms with Gasteiger partial charge in [0.15, 0.2) is 11.9 Å². The average molecular weight is 272 g/mol. The Hall–Kier alpha value is -1.68. The molecule has 1 N–H and O–H groups in total. The zero-order valence-corrected chi connectivity index (χ0v) is 11.7. The molecule has 0 saturated heterocycles. The molecular weight excluding hydrogens is 252 g/mol. The maximum Gasteiger partial charge on any atom is 0.260 e. The third-order valence-corrected chi connectivity index (χ3v) is 4.19. The highest BCUT2D eigenvalue weighted by Gasteiger charge is 2.26. The predicted octanol–water partition coefficient (Wildman–Crippen LogP) is 3.45. The van der Waals surface area contributed by atoms with Gasteiger partial charge in [0.2, 0.25) is 0 Å². The minimum absolute atomic E-state index is 0.296. The molecule has 2 aromatic rings. The van der Waals surface area contributed by atoms with E-state index >= 15 is 0 Å². The topological polar surface area (TPSA) is 59.2 Å². The van der Waals surface area contributed by atoms with Crippen LogP contribution in [0.4, 0.5) is 0 Å². The maximum atomic E-state index is 10.2. The van der Waals surface area contributed by atoms with E-state index in [0.29, 0.717) is 11.8 Å². The van der Waals surface area contributed by atoms with Crippen LogP contribution in [-0.4, -0.2) is 15.2 Å². The lowest BCUT2D eigenvalue weighted by molar-refractivity contribution is 0.170. The van der Waals surface area contributed by atoms with Crippen molar-refractivity contribution >= 4 is 0 Å². The van der Waals surface area contributed by atoms with Gasteiger partial charge in [-0.3, -0.25) is 0 Å². The molecule has 1 aromatic carbocycles. The van der Waals surface area contributed by atoms with Gasteiger partial charge in [-0.05, 0) is 24.3 Å². The first-order valence-corrected chi connectivity index (χ1v) is 7.30. The van der Waals surface area contributed by atoms with Crippen LogP contribution in [0.25, 0.3) is 0 Å². The molecule has 20 heavy (non-hydrogen) atoms. The van der Waals surface area contributed by atoms with Crippen LogP contribution in [0.15, 0.2) is 34.9 Å². The molecule has 1 heterocycles. The highest BCUT2D eigenvalue weighted by atomic mass is 16.5. The van der Waals surface area contributed by atoms with Crippen molar-refractivity contribution < 1.29 is 9.63 Å². The quantitative estimate of drug-likeness (QED) is 0.929. The zero-order chi connectivity index (χ0) is 13.9. The Morgan fingerprint density at radius 2 is 1.85 bits per heavy atom. The second kappa shape index (κ2) is 5.75. The summed E-state index contributed by atoms with van der Waals surface area (Å²) >= 11 is 0. The molecule has 3 rings (SSSR count). The van der Waals surface area contributed by atoms with Crippen molar-refractivity contribution in [2.45, 2.75) is 44.6 Å². The third kappa shape index (κ3) is 2.75. The van der Waals surface area contributed by atoms with Gasteiger partial charge in [0.1, 0.15) is 0 Å². The van der Waals surface area contributed by atoms with E-state index in [-0.39, 0.29) is 0 Å². The van der Waals surface area contributed by atoms with E-state index in [1.54, 1.807) is 0 Å². The summed E-state index contributed by atoms with van der Waals surface area (Å²) in [6.45, 7) is 2.29. The van der Waals surface area contributed by atoms with Crippen LogP contribution in [0.3, 0.4) is 0 Å². The molecule has 4 nitrogen and oxygen atoms in total. The molecular formula is C16H20N2O2. The fourth-order valence-corrected chi connectivity index (χ4v) is 2.82. The summed E-state index contributed by atoms with van der Waals surface area (Å²) < 4.78 is 5.25. The minimum atomic E-state index is -0.833. The minimum Gasteiger partial charge on any atom is -0.378 e. The Kier molecular flexibility index (Phi) is 3.83. The summed E-state index contributed by atoms with van der Waals surface area (Å²) in [6.07, 6.45) is 3.83. The maximum absolute atomic E-state index is 10.2. The largest absolute Gasteiger partial charge is 0.378 e. The van der Waals surface area contributed by atoms with Gasteiger partial charge in [-0.2, -0.15) is 4.98 Å². The lowest BCUT2D eigenvalue weighted by atomic mass is 9.83. The Balaban J connectivity index is 1.73. The molecule has 0 amide bonds. The van der Waals surface area contributed by atoms with Crippen molar-refractivity contribution in [3.8, 4) is 0 Å². The first kappa shape index (κ1) is 13.3. The SMILES string of the molecule is CC1CCC(c2noc(C(O)c3ccccc3)n2)CC1. The molecule has 1 atom stereocenters. The van der Waals surface area contributed by atoms with Gasteiger partial charge in [-0.25, -0.2) is 0 Å². The van der Waals surface area contributed by atoms with E-state index in [1.807, 2.05) is 30.3 Å². The second-order valence-electron chi connectivity index (χ2n) is 5.76. The van der Waals surface area contributed by atoms with Crippen LogP contribution in [0.2, 0.25) is 0 Å². The van der Waals surface area contributed by atoms with E-state index in [2.05, 4.69) is 17.1 Å². The molecule has 1 aliphatic carbocycles. The van der Waals surface area contributed by atoms with Crippen molar-refractivity contribution in [2.24, 2.45) is 5.92 Å². The molecule has 0 radical (unpaired) electrons. The van der Waals surface area contributed by atoms with Crippen molar-refractivity contribution in [1.29, 1.82) is 0 Å². The number of aliphatic hydroxyl groups excluding tert-OH is 1. The van der Waals surface area contributed by atoms with Crippen LogP contribution in [0.5, 0.6) is 0 Å². The first-order valence-electron chi connectivity index (χ1n) is 7.30. The van der Waals surface area contributed by atoms with Crippen LogP contribution < -0.4 is 0 Å². The average Bonchev–Trinajstić information content (AvgIpc) is 2.98. The van der Waals surface area contributed by atoms with E-state index < -0.39 is 6.10 Å². The van der Waals surface area contributed by atoms with Gasteiger partial charge in [0.25, 0.3) is 5.89 Å². The van der Waals surface area contributed by atoms with Gasteiger partial charge in [0.05, 0.1) is 0 Å².